The maximum Gasteiger partial charge on any atom is 0.253 e. The van der Waals surface area contributed by atoms with E-state index in [1.807, 2.05) is 44.2 Å². The summed E-state index contributed by atoms with van der Waals surface area (Å²) in [5, 5.41) is 5.58. The molecular formula is C21H28N4O3. The molecule has 0 saturated heterocycles. The highest BCUT2D eigenvalue weighted by atomic mass is 16.2. The van der Waals surface area contributed by atoms with Gasteiger partial charge in [0, 0.05) is 30.4 Å². The molecule has 28 heavy (non-hydrogen) atoms. The first-order valence-electron chi connectivity index (χ1n) is 9.29. The molecule has 7 heteroatoms. The molecular weight excluding hydrogens is 356 g/mol. The SMILES string of the molecule is Cc1cc(=O)n(CC(=O)NC(C)C)c(C)c1C(=O)NCC(N)c1ccccc1. The molecule has 150 valence electrons. The highest BCUT2D eigenvalue weighted by molar-refractivity contribution is 5.96. The fraction of sp³-hybridized carbons (Fsp3) is 0.381. The van der Waals surface area contributed by atoms with E-state index < -0.39 is 0 Å². The average molecular weight is 384 g/mol. The smallest absolute Gasteiger partial charge is 0.253 e. The molecule has 1 heterocycles. The molecule has 0 bridgehead atoms. The van der Waals surface area contributed by atoms with Gasteiger partial charge in [0.25, 0.3) is 11.5 Å². The molecule has 1 aromatic heterocycles. The molecule has 0 aliphatic heterocycles. The molecule has 4 N–H and O–H groups in total. The predicted molar refractivity (Wildman–Crippen MR) is 109 cm³/mol. The van der Waals surface area contributed by atoms with Crippen LogP contribution in [0.3, 0.4) is 0 Å². The van der Waals surface area contributed by atoms with Crippen LogP contribution < -0.4 is 21.9 Å². The summed E-state index contributed by atoms with van der Waals surface area (Å²) < 4.78 is 1.32. The Morgan fingerprint density at radius 2 is 1.79 bits per heavy atom. The summed E-state index contributed by atoms with van der Waals surface area (Å²) in [6, 6.07) is 10.5. The maximum absolute atomic E-state index is 12.8. The Kier molecular flexibility index (Phi) is 7.12. The molecule has 2 amide bonds. The van der Waals surface area contributed by atoms with Crippen molar-refractivity contribution in [2.75, 3.05) is 6.54 Å². The van der Waals surface area contributed by atoms with Gasteiger partial charge in [-0.25, -0.2) is 0 Å². The van der Waals surface area contributed by atoms with Crippen LogP contribution in [0.2, 0.25) is 0 Å². The lowest BCUT2D eigenvalue weighted by atomic mass is 10.1. The summed E-state index contributed by atoms with van der Waals surface area (Å²) in [5.41, 5.74) is 8.15. The van der Waals surface area contributed by atoms with E-state index >= 15 is 0 Å². The van der Waals surface area contributed by atoms with Crippen LogP contribution >= 0.6 is 0 Å². The first kappa shape index (κ1) is 21.4. The quantitative estimate of drug-likeness (QED) is 0.671. The lowest BCUT2D eigenvalue weighted by molar-refractivity contribution is -0.122. The predicted octanol–water partition coefficient (Wildman–Crippen LogP) is 1.42. The maximum atomic E-state index is 12.8. The summed E-state index contributed by atoms with van der Waals surface area (Å²) in [6.45, 7) is 7.19. The van der Waals surface area contributed by atoms with Gasteiger partial charge in [-0.1, -0.05) is 30.3 Å². The highest BCUT2D eigenvalue weighted by Gasteiger charge is 2.19. The average Bonchev–Trinajstić information content (AvgIpc) is 2.63. The van der Waals surface area contributed by atoms with Gasteiger partial charge < -0.3 is 20.9 Å². The minimum Gasteiger partial charge on any atom is -0.352 e. The van der Waals surface area contributed by atoms with E-state index in [4.69, 9.17) is 5.73 Å². The zero-order valence-electron chi connectivity index (χ0n) is 16.8. The number of pyridine rings is 1. The van der Waals surface area contributed by atoms with E-state index in [1.54, 1.807) is 13.8 Å². The molecule has 0 spiro atoms. The van der Waals surface area contributed by atoms with Crippen molar-refractivity contribution >= 4 is 11.8 Å². The normalized spacial score (nSPS) is 11.9. The number of amides is 2. The van der Waals surface area contributed by atoms with Crippen molar-refractivity contribution < 1.29 is 9.59 Å². The third-order valence-corrected chi connectivity index (χ3v) is 4.46. The molecule has 1 aromatic carbocycles. The first-order chi connectivity index (χ1) is 13.2. The van der Waals surface area contributed by atoms with Gasteiger partial charge in [-0.15, -0.1) is 0 Å². The van der Waals surface area contributed by atoms with Gasteiger partial charge in [-0.3, -0.25) is 14.4 Å². The Balaban J connectivity index is 2.19. The molecule has 1 unspecified atom stereocenters. The van der Waals surface area contributed by atoms with Gasteiger partial charge in [0.15, 0.2) is 0 Å². The fourth-order valence-electron chi connectivity index (χ4n) is 3.08. The monoisotopic (exact) mass is 384 g/mol. The van der Waals surface area contributed by atoms with Gasteiger partial charge >= 0.3 is 0 Å². The Bertz CT molecular complexity index is 904. The second-order valence-corrected chi connectivity index (χ2v) is 7.16. The van der Waals surface area contributed by atoms with E-state index in [0.717, 1.165) is 5.56 Å². The topological polar surface area (TPSA) is 106 Å². The fourth-order valence-corrected chi connectivity index (χ4v) is 3.08. The van der Waals surface area contributed by atoms with Crippen molar-refractivity contribution in [1.29, 1.82) is 0 Å². The second-order valence-electron chi connectivity index (χ2n) is 7.16. The standard InChI is InChI=1S/C21H28N4O3/c1-13(2)24-18(26)12-25-15(4)20(14(3)10-19(25)27)21(28)23-11-17(22)16-8-6-5-7-9-16/h5-10,13,17H,11-12,22H2,1-4H3,(H,23,28)(H,24,26). The van der Waals surface area contributed by atoms with Crippen LogP contribution in [0.5, 0.6) is 0 Å². The minimum absolute atomic E-state index is 0.0313. The highest BCUT2D eigenvalue weighted by Crippen LogP contribution is 2.13. The van der Waals surface area contributed by atoms with Crippen molar-refractivity contribution in [2.24, 2.45) is 5.73 Å². The first-order valence-corrected chi connectivity index (χ1v) is 9.29. The van der Waals surface area contributed by atoms with Crippen molar-refractivity contribution in [3.8, 4) is 0 Å². The summed E-state index contributed by atoms with van der Waals surface area (Å²) >= 11 is 0. The number of carbonyl (C=O) groups excluding carboxylic acids is 2. The molecule has 0 saturated carbocycles. The molecule has 2 rings (SSSR count). The Morgan fingerprint density at radius 1 is 1.14 bits per heavy atom. The molecule has 2 aromatic rings. The van der Waals surface area contributed by atoms with Crippen LogP contribution in [0.4, 0.5) is 0 Å². The van der Waals surface area contributed by atoms with Crippen LogP contribution in [0.1, 0.15) is 47.1 Å². The van der Waals surface area contributed by atoms with E-state index in [1.165, 1.54) is 10.6 Å². The van der Waals surface area contributed by atoms with Crippen LogP contribution in [-0.2, 0) is 11.3 Å². The van der Waals surface area contributed by atoms with Gasteiger partial charge in [-0.05, 0) is 38.8 Å². The molecule has 0 aliphatic rings. The number of aromatic nitrogens is 1. The molecule has 0 radical (unpaired) electrons. The number of rotatable bonds is 7. The van der Waals surface area contributed by atoms with Crippen molar-refractivity contribution in [2.45, 2.75) is 46.3 Å². The lowest BCUT2D eigenvalue weighted by Gasteiger charge is -2.18. The third kappa shape index (κ3) is 5.29. The molecule has 7 nitrogen and oxygen atoms in total. The van der Waals surface area contributed by atoms with E-state index in [-0.39, 0.29) is 42.5 Å². The van der Waals surface area contributed by atoms with Crippen molar-refractivity contribution in [3.05, 3.63) is 69.1 Å². The van der Waals surface area contributed by atoms with E-state index in [0.29, 0.717) is 16.8 Å². The lowest BCUT2D eigenvalue weighted by Crippen LogP contribution is -2.38. The zero-order valence-corrected chi connectivity index (χ0v) is 16.8. The number of benzene rings is 1. The summed E-state index contributed by atoms with van der Waals surface area (Å²) in [4.78, 5) is 37.2. The van der Waals surface area contributed by atoms with Gasteiger partial charge in [0.2, 0.25) is 5.91 Å². The third-order valence-electron chi connectivity index (χ3n) is 4.46. The summed E-state index contributed by atoms with van der Waals surface area (Å²) in [6.07, 6.45) is 0. The number of hydrogen-bond donors (Lipinski definition) is 3. The van der Waals surface area contributed by atoms with Gasteiger partial charge in [0.1, 0.15) is 6.54 Å². The van der Waals surface area contributed by atoms with Crippen LogP contribution in [0.25, 0.3) is 0 Å². The number of hydrogen-bond acceptors (Lipinski definition) is 4. The van der Waals surface area contributed by atoms with Gasteiger partial charge in [0.05, 0.1) is 5.56 Å². The van der Waals surface area contributed by atoms with Gasteiger partial charge in [-0.2, -0.15) is 0 Å². The Hall–Kier alpha value is -2.93. The van der Waals surface area contributed by atoms with Crippen LogP contribution in [-0.4, -0.2) is 29.0 Å². The van der Waals surface area contributed by atoms with Crippen molar-refractivity contribution in [3.63, 3.8) is 0 Å². The number of aryl methyl sites for hydroxylation is 1. The molecule has 0 fully saturated rings. The molecule has 0 aliphatic carbocycles. The number of carbonyl (C=O) groups is 2. The largest absolute Gasteiger partial charge is 0.352 e. The van der Waals surface area contributed by atoms with Crippen LogP contribution in [0.15, 0.2) is 41.2 Å². The van der Waals surface area contributed by atoms with E-state index in [2.05, 4.69) is 10.6 Å². The Morgan fingerprint density at radius 3 is 2.39 bits per heavy atom. The zero-order chi connectivity index (χ0) is 20.8. The minimum atomic E-state index is -0.339. The Labute approximate surface area is 164 Å². The number of nitrogens with one attached hydrogen (secondary N) is 2. The second kappa shape index (κ2) is 9.32. The number of nitrogens with zero attached hydrogens (tertiary/aromatic N) is 1. The van der Waals surface area contributed by atoms with Crippen LogP contribution in [0, 0.1) is 13.8 Å². The summed E-state index contributed by atoms with van der Waals surface area (Å²) in [7, 11) is 0. The molecule has 1 atom stereocenters. The van der Waals surface area contributed by atoms with Crippen molar-refractivity contribution in [1.82, 2.24) is 15.2 Å². The summed E-state index contributed by atoms with van der Waals surface area (Å²) in [5.74, 6) is -0.596. The van der Waals surface area contributed by atoms with E-state index in [9.17, 15) is 14.4 Å². The number of nitrogens with two attached hydrogens (primary N) is 1.